The molecular weight excluding hydrogens is 383 g/mol. The van der Waals surface area contributed by atoms with E-state index in [1.54, 1.807) is 6.07 Å². The van der Waals surface area contributed by atoms with Crippen LogP contribution >= 0.6 is 0 Å². The van der Waals surface area contributed by atoms with Gasteiger partial charge in [-0.3, -0.25) is 4.79 Å². The Bertz CT molecular complexity index is 1140. The molecule has 0 bridgehead atoms. The molecule has 0 aliphatic carbocycles. The first-order chi connectivity index (χ1) is 14.7. The van der Waals surface area contributed by atoms with Crippen molar-refractivity contribution in [1.29, 1.82) is 0 Å². The van der Waals surface area contributed by atoms with Crippen molar-refractivity contribution in [3.05, 3.63) is 53.5 Å². The van der Waals surface area contributed by atoms with E-state index in [0.29, 0.717) is 24.1 Å². The molecule has 6 nitrogen and oxygen atoms in total. The monoisotopic (exact) mass is 406 g/mol. The molecule has 30 heavy (non-hydrogen) atoms. The van der Waals surface area contributed by atoms with Crippen molar-refractivity contribution in [3.63, 3.8) is 0 Å². The van der Waals surface area contributed by atoms with Gasteiger partial charge in [-0.05, 0) is 49.6 Å². The van der Waals surface area contributed by atoms with Gasteiger partial charge in [0.1, 0.15) is 5.82 Å². The van der Waals surface area contributed by atoms with E-state index < -0.39 is 0 Å². The first-order valence-electron chi connectivity index (χ1n) is 10.6. The van der Waals surface area contributed by atoms with Gasteiger partial charge in [0.2, 0.25) is 5.91 Å². The maximum atomic E-state index is 13.3. The SMILES string of the molecule is O=C1CN2c3c(cccc3C3CN(CCCc4noc5cc(F)ccc45)CCC32)N1. The molecule has 3 aliphatic rings. The number of likely N-dealkylation sites (tertiary alicyclic amines) is 1. The molecule has 3 aliphatic heterocycles. The number of anilines is 2. The number of aryl methyl sites for hydroxylation is 1. The normalized spacial score (nSPS) is 22.8. The summed E-state index contributed by atoms with van der Waals surface area (Å²) in [4.78, 5) is 17.0. The number of benzene rings is 2. The average molecular weight is 406 g/mol. The number of hydrogen-bond donors (Lipinski definition) is 1. The molecule has 4 heterocycles. The zero-order valence-corrected chi connectivity index (χ0v) is 16.6. The first kappa shape index (κ1) is 17.9. The van der Waals surface area contributed by atoms with Crippen LogP contribution in [0.25, 0.3) is 11.0 Å². The zero-order chi connectivity index (χ0) is 20.2. The largest absolute Gasteiger partial charge is 0.357 e. The summed E-state index contributed by atoms with van der Waals surface area (Å²) in [5.74, 6) is 0.225. The van der Waals surface area contributed by atoms with Gasteiger partial charge in [0.15, 0.2) is 5.58 Å². The van der Waals surface area contributed by atoms with Crippen molar-refractivity contribution in [3.8, 4) is 0 Å². The molecule has 154 valence electrons. The number of nitrogens with one attached hydrogen (secondary N) is 1. The quantitative estimate of drug-likeness (QED) is 0.718. The molecule has 1 saturated heterocycles. The predicted octanol–water partition coefficient (Wildman–Crippen LogP) is 3.53. The van der Waals surface area contributed by atoms with Crippen molar-refractivity contribution >= 4 is 28.3 Å². The molecule has 0 spiro atoms. The van der Waals surface area contributed by atoms with E-state index in [4.69, 9.17) is 4.52 Å². The molecule has 0 saturated carbocycles. The molecule has 2 aromatic carbocycles. The van der Waals surface area contributed by atoms with Gasteiger partial charge in [0.25, 0.3) is 0 Å². The third kappa shape index (κ3) is 2.80. The third-order valence-electron chi connectivity index (χ3n) is 6.80. The van der Waals surface area contributed by atoms with Crippen molar-refractivity contribution in [1.82, 2.24) is 10.1 Å². The van der Waals surface area contributed by atoms with Gasteiger partial charge in [-0.25, -0.2) is 4.39 Å². The van der Waals surface area contributed by atoms with Crippen LogP contribution in [-0.4, -0.2) is 48.2 Å². The van der Waals surface area contributed by atoms with Crippen LogP contribution in [0.1, 0.15) is 30.0 Å². The summed E-state index contributed by atoms with van der Waals surface area (Å²) in [5.41, 5.74) is 4.97. The van der Waals surface area contributed by atoms with E-state index in [1.165, 1.54) is 23.4 Å². The van der Waals surface area contributed by atoms with E-state index in [0.717, 1.165) is 55.7 Å². The lowest BCUT2D eigenvalue weighted by Crippen LogP contribution is -2.49. The average Bonchev–Trinajstić information content (AvgIpc) is 3.28. The number of halogens is 1. The highest BCUT2D eigenvalue weighted by Crippen LogP contribution is 2.49. The van der Waals surface area contributed by atoms with Crippen molar-refractivity contribution in [2.24, 2.45) is 0 Å². The summed E-state index contributed by atoms with van der Waals surface area (Å²) >= 11 is 0. The number of rotatable bonds is 4. The number of carbonyl (C=O) groups is 1. The Kier molecular flexibility index (Phi) is 4.06. The lowest BCUT2D eigenvalue weighted by atomic mass is 9.89. The Hall–Kier alpha value is -2.93. The van der Waals surface area contributed by atoms with Crippen molar-refractivity contribution < 1.29 is 13.7 Å². The van der Waals surface area contributed by atoms with Crippen molar-refractivity contribution in [2.45, 2.75) is 31.2 Å². The summed E-state index contributed by atoms with van der Waals surface area (Å²) in [6, 6.07) is 11.3. The van der Waals surface area contributed by atoms with E-state index in [2.05, 4.69) is 32.4 Å². The van der Waals surface area contributed by atoms with Gasteiger partial charge in [0.05, 0.1) is 23.6 Å². The number of piperidine rings is 1. The maximum Gasteiger partial charge on any atom is 0.243 e. The van der Waals surface area contributed by atoms with Crippen LogP contribution in [0.2, 0.25) is 0 Å². The summed E-state index contributed by atoms with van der Waals surface area (Å²) in [6.45, 7) is 3.50. The minimum Gasteiger partial charge on any atom is -0.357 e. The Labute approximate surface area is 173 Å². The van der Waals surface area contributed by atoms with E-state index in [9.17, 15) is 9.18 Å². The second kappa shape index (κ2) is 6.80. The number of fused-ring (bicyclic) bond motifs is 4. The minimum absolute atomic E-state index is 0.0856. The maximum absolute atomic E-state index is 13.3. The second-order valence-electron chi connectivity index (χ2n) is 8.56. The highest BCUT2D eigenvalue weighted by molar-refractivity contribution is 6.03. The molecule has 3 aromatic rings. The summed E-state index contributed by atoms with van der Waals surface area (Å²) in [7, 11) is 0. The number of hydrogen-bond acceptors (Lipinski definition) is 5. The second-order valence-corrected chi connectivity index (χ2v) is 8.56. The van der Waals surface area contributed by atoms with Gasteiger partial charge in [-0.1, -0.05) is 17.3 Å². The Morgan fingerprint density at radius 2 is 2.20 bits per heavy atom. The van der Waals surface area contributed by atoms with E-state index >= 15 is 0 Å². The number of nitrogens with zero attached hydrogens (tertiary/aromatic N) is 3. The lowest BCUT2D eigenvalue weighted by molar-refractivity contribution is -0.115. The molecule has 2 atom stereocenters. The molecule has 1 fully saturated rings. The Morgan fingerprint density at radius 3 is 3.13 bits per heavy atom. The van der Waals surface area contributed by atoms with Gasteiger partial charge >= 0.3 is 0 Å². The fraction of sp³-hybridized carbons (Fsp3) is 0.391. The number of para-hydroxylation sites is 1. The number of carbonyl (C=O) groups excluding carboxylic acids is 1. The molecule has 1 amide bonds. The standard InChI is InChI=1S/C23H23FN4O2/c24-14-6-7-16-18(26-30-21(16)11-14)5-2-9-27-10-8-20-17(12-27)15-3-1-4-19-23(15)28(20)13-22(29)25-19/h1,3-4,6-7,11,17,20H,2,5,8-10,12-13H2,(H,25,29). The van der Waals surface area contributed by atoms with Crippen molar-refractivity contribution in [2.75, 3.05) is 36.4 Å². The molecule has 1 aromatic heterocycles. The Balaban J connectivity index is 1.14. The van der Waals surface area contributed by atoms with E-state index in [-0.39, 0.29) is 11.7 Å². The van der Waals surface area contributed by atoms with Crippen LogP contribution in [-0.2, 0) is 11.2 Å². The molecule has 7 heteroatoms. The molecular formula is C23H23FN4O2. The molecule has 1 N–H and O–H groups in total. The minimum atomic E-state index is -0.303. The molecule has 2 unspecified atom stereocenters. The molecule has 6 rings (SSSR count). The topological polar surface area (TPSA) is 61.6 Å². The first-order valence-corrected chi connectivity index (χ1v) is 10.6. The smallest absolute Gasteiger partial charge is 0.243 e. The van der Waals surface area contributed by atoms with Crippen LogP contribution in [0.4, 0.5) is 15.8 Å². The van der Waals surface area contributed by atoms with Crippen LogP contribution < -0.4 is 10.2 Å². The van der Waals surface area contributed by atoms with Gasteiger partial charge in [-0.2, -0.15) is 0 Å². The number of amides is 1. The summed E-state index contributed by atoms with van der Waals surface area (Å²) in [6.07, 6.45) is 2.86. The van der Waals surface area contributed by atoms with Crippen LogP contribution in [0, 0.1) is 5.82 Å². The third-order valence-corrected chi connectivity index (χ3v) is 6.80. The van der Waals surface area contributed by atoms with Crippen LogP contribution in [0.3, 0.4) is 0 Å². The fourth-order valence-corrected chi connectivity index (χ4v) is 5.49. The van der Waals surface area contributed by atoms with Gasteiger partial charge in [0, 0.05) is 36.5 Å². The zero-order valence-electron chi connectivity index (χ0n) is 16.6. The molecule has 0 radical (unpaired) electrons. The van der Waals surface area contributed by atoms with Crippen LogP contribution in [0.15, 0.2) is 40.9 Å². The van der Waals surface area contributed by atoms with Gasteiger partial charge < -0.3 is 19.6 Å². The summed E-state index contributed by atoms with van der Waals surface area (Å²) < 4.78 is 18.6. The summed E-state index contributed by atoms with van der Waals surface area (Å²) in [5, 5.41) is 8.07. The number of aromatic nitrogens is 1. The van der Waals surface area contributed by atoms with E-state index in [1.807, 2.05) is 6.07 Å². The Morgan fingerprint density at radius 1 is 1.27 bits per heavy atom. The predicted molar refractivity (Wildman–Crippen MR) is 112 cm³/mol. The lowest BCUT2D eigenvalue weighted by Gasteiger charge is -2.39. The van der Waals surface area contributed by atoms with Crippen LogP contribution in [0.5, 0.6) is 0 Å². The highest BCUT2D eigenvalue weighted by atomic mass is 19.1. The van der Waals surface area contributed by atoms with Gasteiger partial charge in [-0.15, -0.1) is 0 Å². The highest BCUT2D eigenvalue weighted by Gasteiger charge is 2.45. The fourth-order valence-electron chi connectivity index (χ4n) is 5.49.